The third-order valence-electron chi connectivity index (χ3n) is 3.66. The van der Waals surface area contributed by atoms with E-state index in [-0.39, 0.29) is 30.3 Å². The van der Waals surface area contributed by atoms with Crippen molar-refractivity contribution in [1.82, 2.24) is 4.90 Å². The minimum absolute atomic E-state index is 0.0105. The molecule has 136 valence electrons. The van der Waals surface area contributed by atoms with Crippen molar-refractivity contribution >= 4 is 14.4 Å². The zero-order valence-electron chi connectivity index (χ0n) is 16.1. The number of aliphatic hydroxyl groups excluding tert-OH is 1. The molecule has 1 fully saturated rings. The normalized spacial score (nSPS) is 23.3. The number of hydrogen-bond acceptors (Lipinski definition) is 4. The Kier molecular flexibility index (Phi) is 6.32. The van der Waals surface area contributed by atoms with Crippen LogP contribution in [0.5, 0.6) is 0 Å². The number of nitrogens with zero attached hydrogens (tertiary/aromatic N) is 1. The Balaban J connectivity index is 2.70. The molecule has 1 aliphatic rings. The highest BCUT2D eigenvalue weighted by Gasteiger charge is 2.41. The van der Waals surface area contributed by atoms with Gasteiger partial charge in [-0.1, -0.05) is 20.8 Å². The molecule has 0 aromatic rings. The second-order valence-electron chi connectivity index (χ2n) is 9.44. The Bertz CT molecular complexity index is 412. The van der Waals surface area contributed by atoms with E-state index in [0.29, 0.717) is 13.0 Å². The van der Waals surface area contributed by atoms with Crippen molar-refractivity contribution < 1.29 is 19.1 Å². The maximum atomic E-state index is 12.3. The van der Waals surface area contributed by atoms with E-state index in [1.807, 2.05) is 20.8 Å². The van der Waals surface area contributed by atoms with Gasteiger partial charge in [0.05, 0.1) is 18.8 Å². The first-order valence-corrected chi connectivity index (χ1v) is 11.6. The fourth-order valence-electron chi connectivity index (χ4n) is 3.45. The fourth-order valence-corrected chi connectivity index (χ4v) is 7.16. The van der Waals surface area contributed by atoms with Crippen LogP contribution in [0.4, 0.5) is 4.79 Å². The molecule has 0 aromatic heterocycles. The lowest BCUT2D eigenvalue weighted by atomic mass is 10.0. The van der Waals surface area contributed by atoms with E-state index < -0.39 is 13.9 Å². The third-order valence-corrected chi connectivity index (χ3v) is 6.54. The molecule has 0 aliphatic carbocycles. The van der Waals surface area contributed by atoms with Crippen molar-refractivity contribution in [3.63, 3.8) is 0 Å². The monoisotopic (exact) mass is 345 g/mol. The van der Waals surface area contributed by atoms with Crippen LogP contribution in [-0.4, -0.2) is 55.3 Å². The number of carbonyl (C=O) groups excluding carboxylic acids is 1. The molecule has 1 rings (SSSR count). The molecule has 0 aromatic carbocycles. The van der Waals surface area contributed by atoms with Gasteiger partial charge < -0.3 is 19.2 Å². The van der Waals surface area contributed by atoms with E-state index in [2.05, 4.69) is 33.9 Å². The van der Waals surface area contributed by atoms with Crippen LogP contribution in [0.15, 0.2) is 0 Å². The van der Waals surface area contributed by atoms with E-state index in [1.165, 1.54) is 0 Å². The van der Waals surface area contributed by atoms with Crippen molar-refractivity contribution in [1.29, 1.82) is 0 Å². The quantitative estimate of drug-likeness (QED) is 0.791. The van der Waals surface area contributed by atoms with Gasteiger partial charge in [0, 0.05) is 6.54 Å². The molecule has 0 spiro atoms. The van der Waals surface area contributed by atoms with E-state index in [4.69, 9.17) is 9.16 Å². The van der Waals surface area contributed by atoms with Crippen LogP contribution in [0, 0.1) is 5.41 Å². The molecule has 0 radical (unpaired) electrons. The van der Waals surface area contributed by atoms with Crippen molar-refractivity contribution in [3.8, 4) is 0 Å². The predicted molar refractivity (Wildman–Crippen MR) is 95.0 cm³/mol. The minimum Gasteiger partial charge on any atom is -0.444 e. The summed E-state index contributed by atoms with van der Waals surface area (Å²) in [6.45, 7) is 17.1. The molecule has 5 nitrogen and oxygen atoms in total. The van der Waals surface area contributed by atoms with Crippen molar-refractivity contribution in [2.75, 3.05) is 13.2 Å². The Labute approximate surface area is 142 Å². The van der Waals surface area contributed by atoms with Crippen LogP contribution in [0.25, 0.3) is 0 Å². The average molecular weight is 346 g/mol. The van der Waals surface area contributed by atoms with Crippen molar-refractivity contribution in [3.05, 3.63) is 0 Å². The molecule has 0 bridgehead atoms. The molecule has 23 heavy (non-hydrogen) atoms. The van der Waals surface area contributed by atoms with E-state index in [1.54, 1.807) is 4.90 Å². The summed E-state index contributed by atoms with van der Waals surface area (Å²) >= 11 is 0. The van der Waals surface area contributed by atoms with Gasteiger partial charge in [-0.15, -0.1) is 0 Å². The summed E-state index contributed by atoms with van der Waals surface area (Å²) in [6.07, 6.45) is 0.303. The van der Waals surface area contributed by atoms with Crippen LogP contribution in [0.3, 0.4) is 0 Å². The van der Waals surface area contributed by atoms with Crippen LogP contribution < -0.4 is 0 Å². The predicted octanol–water partition coefficient (Wildman–Crippen LogP) is 3.62. The number of amides is 1. The molecule has 6 heteroatoms. The van der Waals surface area contributed by atoms with Gasteiger partial charge in [0.1, 0.15) is 5.60 Å². The number of likely N-dealkylation sites (tertiary alicyclic amines) is 1. The zero-order valence-corrected chi connectivity index (χ0v) is 17.1. The maximum Gasteiger partial charge on any atom is 0.410 e. The van der Waals surface area contributed by atoms with Crippen LogP contribution >= 0.6 is 0 Å². The molecule has 0 saturated carbocycles. The first-order chi connectivity index (χ1) is 10.2. The van der Waals surface area contributed by atoms with Gasteiger partial charge in [-0.3, -0.25) is 0 Å². The molecular formula is C17H35NO4Si. The highest BCUT2D eigenvalue weighted by molar-refractivity contribution is 6.71. The number of ether oxygens (including phenoxy) is 1. The van der Waals surface area contributed by atoms with Crippen LogP contribution in [0.1, 0.15) is 48.0 Å². The lowest BCUT2D eigenvalue weighted by Gasteiger charge is -2.33. The van der Waals surface area contributed by atoms with Gasteiger partial charge in [-0.2, -0.15) is 0 Å². The highest BCUT2D eigenvalue weighted by atomic mass is 28.4. The zero-order chi connectivity index (χ0) is 18.1. The van der Waals surface area contributed by atoms with Gasteiger partial charge in [0.15, 0.2) is 8.32 Å². The van der Waals surface area contributed by atoms with E-state index >= 15 is 0 Å². The van der Waals surface area contributed by atoms with Gasteiger partial charge >= 0.3 is 6.09 Å². The topological polar surface area (TPSA) is 59.0 Å². The highest BCUT2D eigenvalue weighted by Crippen LogP contribution is 2.32. The maximum absolute atomic E-state index is 12.3. The Morgan fingerprint density at radius 2 is 1.78 bits per heavy atom. The Morgan fingerprint density at radius 1 is 1.22 bits per heavy atom. The molecule has 1 heterocycles. The fraction of sp³-hybridized carbons (Fsp3) is 0.941. The third kappa shape index (κ3) is 7.22. The number of rotatable bonds is 4. The molecule has 1 aliphatic heterocycles. The summed E-state index contributed by atoms with van der Waals surface area (Å²) < 4.78 is 11.8. The smallest absolute Gasteiger partial charge is 0.410 e. The number of aliphatic hydroxyl groups is 1. The number of carbonyl (C=O) groups is 1. The van der Waals surface area contributed by atoms with Crippen molar-refractivity contribution in [2.45, 2.75) is 84.8 Å². The van der Waals surface area contributed by atoms with E-state index in [0.717, 1.165) is 6.04 Å². The molecular weight excluding hydrogens is 310 g/mol. The van der Waals surface area contributed by atoms with Gasteiger partial charge in [0.25, 0.3) is 0 Å². The minimum atomic E-state index is -1.82. The second-order valence-corrected chi connectivity index (χ2v) is 13.6. The summed E-state index contributed by atoms with van der Waals surface area (Å²) in [5, 5.41) is 9.59. The SMILES string of the molecule is CC(C)(C)C[Si](C)(C)O[C@@H]1C[C@@H](CO)N(C(=O)OC(C)(C)C)C1. The molecule has 1 saturated heterocycles. The first kappa shape index (κ1) is 20.5. The van der Waals surface area contributed by atoms with Gasteiger partial charge in [-0.25, -0.2) is 4.79 Å². The summed E-state index contributed by atoms with van der Waals surface area (Å²) in [7, 11) is -1.82. The lowest BCUT2D eigenvalue weighted by molar-refractivity contribution is 0.0164. The summed E-state index contributed by atoms with van der Waals surface area (Å²) in [5.41, 5.74) is -0.300. The van der Waals surface area contributed by atoms with Gasteiger partial charge in [0.2, 0.25) is 0 Å². The molecule has 0 unspecified atom stereocenters. The summed E-state index contributed by atoms with van der Waals surface area (Å²) in [5.74, 6) is 0. The van der Waals surface area contributed by atoms with Crippen LogP contribution in [0.2, 0.25) is 19.1 Å². The van der Waals surface area contributed by atoms with Crippen molar-refractivity contribution in [2.24, 2.45) is 5.41 Å². The first-order valence-electron chi connectivity index (χ1n) is 8.51. The number of hydrogen-bond donors (Lipinski definition) is 1. The largest absolute Gasteiger partial charge is 0.444 e. The lowest BCUT2D eigenvalue weighted by Crippen LogP contribution is -2.42. The second kappa shape index (κ2) is 7.11. The average Bonchev–Trinajstić information content (AvgIpc) is 2.65. The molecule has 2 atom stereocenters. The summed E-state index contributed by atoms with van der Waals surface area (Å²) in [4.78, 5) is 13.9. The standard InChI is InChI=1S/C17H35NO4Si/c1-16(2,3)12-23(7,8)22-14-9-13(11-19)18(10-14)15(20)21-17(4,5)6/h13-14,19H,9-12H2,1-8H3/t13-,14+/m0/s1. The molecule has 1 N–H and O–H groups in total. The van der Waals surface area contributed by atoms with E-state index in [9.17, 15) is 9.90 Å². The molecule has 1 amide bonds. The Morgan fingerprint density at radius 3 is 2.22 bits per heavy atom. The van der Waals surface area contributed by atoms with Crippen LogP contribution in [-0.2, 0) is 9.16 Å². The van der Waals surface area contributed by atoms with Gasteiger partial charge in [-0.05, 0) is 51.7 Å². The Hall–Kier alpha value is -0.593. The summed E-state index contributed by atoms with van der Waals surface area (Å²) in [6, 6.07) is 0.849.